The number of unbranched alkanes of at least 4 members (excludes halogenated alkanes) is 10. The van der Waals surface area contributed by atoms with Crippen LogP contribution in [0.1, 0.15) is 129 Å². The van der Waals surface area contributed by atoms with Gasteiger partial charge in [0.25, 0.3) is 0 Å². The van der Waals surface area contributed by atoms with Gasteiger partial charge in [-0.15, -0.1) is 0 Å². The van der Waals surface area contributed by atoms with Crippen LogP contribution in [0.3, 0.4) is 0 Å². The first-order valence-electron chi connectivity index (χ1n) is 14.0. The van der Waals surface area contributed by atoms with E-state index in [1.165, 1.54) is 51.4 Å². The predicted molar refractivity (Wildman–Crippen MR) is 150 cm³/mol. The van der Waals surface area contributed by atoms with E-state index in [1.807, 2.05) is 30.3 Å². The zero-order valence-corrected chi connectivity index (χ0v) is 23.1. The summed E-state index contributed by atoms with van der Waals surface area (Å²) < 4.78 is 10.7. The number of hydrogen-bond donors (Lipinski definition) is 0. The van der Waals surface area contributed by atoms with E-state index in [1.54, 1.807) is 31.2 Å². The van der Waals surface area contributed by atoms with E-state index in [0.717, 1.165) is 31.2 Å². The number of ether oxygens (including phenoxy) is 2. The van der Waals surface area contributed by atoms with Crippen LogP contribution >= 0.6 is 0 Å². The molecule has 37 heavy (non-hydrogen) atoms. The first-order valence-corrected chi connectivity index (χ1v) is 14.0. The average Bonchev–Trinajstić information content (AvgIpc) is 2.92. The number of rotatable bonds is 17. The summed E-state index contributed by atoms with van der Waals surface area (Å²) >= 11 is 0. The number of benzene rings is 2. The van der Waals surface area contributed by atoms with Crippen LogP contribution in [0.15, 0.2) is 54.6 Å². The Kier molecular flexibility index (Phi) is 18.4. The highest BCUT2D eigenvalue weighted by atomic mass is 16.5. The molecule has 2 aromatic carbocycles. The molecule has 0 heterocycles. The lowest BCUT2D eigenvalue weighted by atomic mass is 10.1. The fourth-order valence-electron chi connectivity index (χ4n) is 3.76. The molecule has 0 aliphatic rings. The van der Waals surface area contributed by atoms with Gasteiger partial charge in [0.1, 0.15) is 0 Å². The Hall–Kier alpha value is -2.95. The molecular formula is C32H46O5. The zero-order valence-electron chi connectivity index (χ0n) is 23.1. The van der Waals surface area contributed by atoms with Gasteiger partial charge in [0, 0.05) is 5.56 Å². The van der Waals surface area contributed by atoms with Crippen LogP contribution in [-0.4, -0.2) is 30.9 Å². The maximum Gasteiger partial charge on any atom is 0.339 e. The molecule has 0 saturated heterocycles. The first kappa shape index (κ1) is 32.1. The fraction of sp³-hybridized carbons (Fsp3) is 0.531. The summed E-state index contributed by atoms with van der Waals surface area (Å²) in [6.45, 7) is 6.74. The van der Waals surface area contributed by atoms with Crippen molar-refractivity contribution >= 4 is 17.7 Å². The van der Waals surface area contributed by atoms with Crippen LogP contribution < -0.4 is 0 Å². The minimum atomic E-state index is -0.444. The molecule has 2 aromatic rings. The second-order valence-electron chi connectivity index (χ2n) is 9.28. The van der Waals surface area contributed by atoms with E-state index in [4.69, 9.17) is 9.47 Å². The predicted octanol–water partition coefficient (Wildman–Crippen LogP) is 8.61. The molecule has 2 rings (SSSR count). The maximum atomic E-state index is 12.4. The number of esters is 2. The van der Waals surface area contributed by atoms with Gasteiger partial charge in [-0.1, -0.05) is 121 Å². The van der Waals surface area contributed by atoms with Crippen molar-refractivity contribution in [2.24, 2.45) is 0 Å². The summed E-state index contributed by atoms with van der Waals surface area (Å²) in [7, 11) is 0. The van der Waals surface area contributed by atoms with Crippen LogP contribution in [0.4, 0.5) is 0 Å². The Morgan fingerprint density at radius 2 is 0.919 bits per heavy atom. The Morgan fingerprint density at radius 1 is 0.541 bits per heavy atom. The van der Waals surface area contributed by atoms with E-state index in [0.29, 0.717) is 24.3 Å². The SMILES string of the molecule is CC(=O)c1ccccc1.CCCCCCCCOC(=O)c1ccccc1C(=O)OCCCCCCCC. The van der Waals surface area contributed by atoms with Gasteiger partial charge in [-0.3, -0.25) is 4.79 Å². The number of carbonyl (C=O) groups is 3. The van der Waals surface area contributed by atoms with E-state index >= 15 is 0 Å². The van der Waals surface area contributed by atoms with Crippen molar-refractivity contribution < 1.29 is 23.9 Å². The lowest BCUT2D eigenvalue weighted by molar-refractivity contribution is 0.0450. The molecule has 0 saturated carbocycles. The molecular weight excluding hydrogens is 464 g/mol. The first-order chi connectivity index (χ1) is 18.0. The molecule has 0 unspecified atom stereocenters. The topological polar surface area (TPSA) is 69.7 Å². The van der Waals surface area contributed by atoms with Crippen LogP contribution in [0.5, 0.6) is 0 Å². The van der Waals surface area contributed by atoms with E-state index in [9.17, 15) is 14.4 Å². The molecule has 0 atom stereocenters. The highest BCUT2D eigenvalue weighted by molar-refractivity contribution is 6.03. The molecule has 0 spiro atoms. The van der Waals surface area contributed by atoms with Gasteiger partial charge in [-0.25, -0.2) is 9.59 Å². The standard InChI is InChI=1S/C24H38O4.C8H8O/c1-3-5-7-9-11-15-19-27-23(25)21-17-13-14-18-22(21)24(26)28-20-16-12-10-8-6-4-2;1-7(9)8-5-3-2-4-6-8/h13-14,17-18H,3-12,15-16,19-20H2,1-2H3;2-6H,1H3. The molecule has 204 valence electrons. The molecule has 5 heteroatoms. The van der Waals surface area contributed by atoms with Crippen LogP contribution in [0.2, 0.25) is 0 Å². The molecule has 0 fully saturated rings. The molecule has 0 N–H and O–H groups in total. The van der Waals surface area contributed by atoms with Gasteiger partial charge in [0.2, 0.25) is 0 Å². The third kappa shape index (κ3) is 15.0. The molecule has 5 nitrogen and oxygen atoms in total. The second kappa shape index (κ2) is 21.2. The van der Waals surface area contributed by atoms with Crippen molar-refractivity contribution in [1.29, 1.82) is 0 Å². The van der Waals surface area contributed by atoms with Gasteiger partial charge in [-0.2, -0.15) is 0 Å². The van der Waals surface area contributed by atoms with Gasteiger partial charge >= 0.3 is 11.9 Å². The summed E-state index contributed by atoms with van der Waals surface area (Å²) in [5.74, 6) is -0.767. The van der Waals surface area contributed by atoms with Crippen molar-refractivity contribution in [1.82, 2.24) is 0 Å². The quantitative estimate of drug-likeness (QED) is 0.121. The van der Waals surface area contributed by atoms with Crippen molar-refractivity contribution in [2.75, 3.05) is 13.2 Å². The molecule has 0 amide bonds. The summed E-state index contributed by atoms with van der Waals surface area (Å²) in [5, 5.41) is 0. The van der Waals surface area contributed by atoms with Crippen molar-refractivity contribution in [2.45, 2.75) is 97.8 Å². The maximum absolute atomic E-state index is 12.4. The normalized spacial score (nSPS) is 10.2. The molecule has 0 bridgehead atoms. The Bertz CT molecular complexity index is 842. The van der Waals surface area contributed by atoms with Crippen LogP contribution in [0, 0.1) is 0 Å². The van der Waals surface area contributed by atoms with E-state index in [-0.39, 0.29) is 5.78 Å². The van der Waals surface area contributed by atoms with Gasteiger partial charge in [0.15, 0.2) is 5.78 Å². The van der Waals surface area contributed by atoms with Crippen molar-refractivity contribution in [3.8, 4) is 0 Å². The fourth-order valence-corrected chi connectivity index (χ4v) is 3.76. The largest absolute Gasteiger partial charge is 0.462 e. The molecule has 0 radical (unpaired) electrons. The number of carbonyl (C=O) groups excluding carboxylic acids is 3. The molecule has 0 aliphatic heterocycles. The van der Waals surface area contributed by atoms with Gasteiger partial charge in [-0.05, 0) is 31.9 Å². The highest BCUT2D eigenvalue weighted by Crippen LogP contribution is 2.14. The highest BCUT2D eigenvalue weighted by Gasteiger charge is 2.18. The second-order valence-corrected chi connectivity index (χ2v) is 9.28. The Morgan fingerprint density at radius 3 is 1.30 bits per heavy atom. The smallest absolute Gasteiger partial charge is 0.339 e. The number of hydrogen-bond acceptors (Lipinski definition) is 5. The minimum absolute atomic E-state index is 0.121. The van der Waals surface area contributed by atoms with E-state index in [2.05, 4.69) is 13.8 Å². The summed E-state index contributed by atoms with van der Waals surface area (Å²) in [4.78, 5) is 35.3. The Labute approximate surface area is 224 Å². The third-order valence-electron chi connectivity index (χ3n) is 6.01. The van der Waals surface area contributed by atoms with Crippen LogP contribution in [0.25, 0.3) is 0 Å². The van der Waals surface area contributed by atoms with Gasteiger partial charge < -0.3 is 9.47 Å². The summed E-state index contributed by atoms with van der Waals surface area (Å²) in [6, 6.07) is 16.0. The zero-order chi connectivity index (χ0) is 27.1. The monoisotopic (exact) mass is 510 g/mol. The van der Waals surface area contributed by atoms with Gasteiger partial charge in [0.05, 0.1) is 24.3 Å². The summed E-state index contributed by atoms with van der Waals surface area (Å²) in [5.41, 5.74) is 1.36. The number of Topliss-reactive ketones (excluding diaryl/α,β-unsaturated/α-hetero) is 1. The van der Waals surface area contributed by atoms with Crippen molar-refractivity contribution in [3.63, 3.8) is 0 Å². The summed E-state index contributed by atoms with van der Waals surface area (Å²) in [6.07, 6.45) is 13.6. The lowest BCUT2D eigenvalue weighted by Crippen LogP contribution is -2.15. The average molecular weight is 511 g/mol. The van der Waals surface area contributed by atoms with Crippen molar-refractivity contribution in [3.05, 3.63) is 71.3 Å². The van der Waals surface area contributed by atoms with E-state index < -0.39 is 11.9 Å². The third-order valence-corrected chi connectivity index (χ3v) is 6.01. The minimum Gasteiger partial charge on any atom is -0.462 e. The number of ketones is 1. The molecule has 0 aliphatic carbocycles. The van der Waals surface area contributed by atoms with Crippen LogP contribution in [-0.2, 0) is 9.47 Å². The Balaban J connectivity index is 0.000000635. The lowest BCUT2D eigenvalue weighted by Gasteiger charge is -2.10. The molecule has 0 aromatic heterocycles.